The second-order valence-electron chi connectivity index (χ2n) is 7.43. The SMILES string of the molecule is CCOc1cc(C(=O)NC(C)c2ccccc2)ccc1OCC(=O)N1CCCCC1. The lowest BCUT2D eigenvalue weighted by Gasteiger charge is -2.26. The molecule has 3 rings (SSSR count). The van der Waals surface area contributed by atoms with Gasteiger partial charge in [-0.3, -0.25) is 9.59 Å². The third-order valence-corrected chi connectivity index (χ3v) is 5.21. The van der Waals surface area contributed by atoms with Crippen LogP contribution in [-0.2, 0) is 4.79 Å². The number of benzene rings is 2. The van der Waals surface area contributed by atoms with E-state index in [4.69, 9.17) is 9.47 Å². The topological polar surface area (TPSA) is 67.9 Å². The van der Waals surface area contributed by atoms with Crippen molar-refractivity contribution in [3.63, 3.8) is 0 Å². The molecule has 0 saturated carbocycles. The molecule has 160 valence electrons. The zero-order valence-electron chi connectivity index (χ0n) is 17.7. The van der Waals surface area contributed by atoms with E-state index in [0.29, 0.717) is 23.7 Å². The van der Waals surface area contributed by atoms with E-state index < -0.39 is 0 Å². The molecule has 1 fully saturated rings. The van der Waals surface area contributed by atoms with Crippen LogP contribution in [0.3, 0.4) is 0 Å². The highest BCUT2D eigenvalue weighted by molar-refractivity contribution is 5.95. The van der Waals surface area contributed by atoms with E-state index in [0.717, 1.165) is 31.5 Å². The van der Waals surface area contributed by atoms with Crippen LogP contribution >= 0.6 is 0 Å². The van der Waals surface area contributed by atoms with E-state index in [1.165, 1.54) is 6.42 Å². The monoisotopic (exact) mass is 410 g/mol. The maximum Gasteiger partial charge on any atom is 0.260 e. The number of piperidine rings is 1. The van der Waals surface area contributed by atoms with Crippen molar-refractivity contribution >= 4 is 11.8 Å². The molecule has 0 radical (unpaired) electrons. The number of rotatable bonds is 8. The summed E-state index contributed by atoms with van der Waals surface area (Å²) < 4.78 is 11.4. The molecule has 1 N–H and O–H groups in total. The molecule has 0 aromatic heterocycles. The summed E-state index contributed by atoms with van der Waals surface area (Å²) in [5, 5.41) is 3.00. The van der Waals surface area contributed by atoms with Gasteiger partial charge in [-0.1, -0.05) is 30.3 Å². The van der Waals surface area contributed by atoms with Crippen molar-refractivity contribution in [1.29, 1.82) is 0 Å². The standard InChI is InChI=1S/C24H30N2O4/c1-3-29-22-16-20(24(28)25-18(2)19-10-6-4-7-11-19)12-13-21(22)30-17-23(27)26-14-8-5-9-15-26/h4,6-7,10-13,16,18H,3,5,8-9,14-15,17H2,1-2H3,(H,25,28). The van der Waals surface area contributed by atoms with Crippen LogP contribution in [0.4, 0.5) is 0 Å². The Bertz CT molecular complexity index is 848. The van der Waals surface area contributed by atoms with Crippen molar-refractivity contribution in [1.82, 2.24) is 10.2 Å². The molecular formula is C24H30N2O4. The molecule has 0 bridgehead atoms. The summed E-state index contributed by atoms with van der Waals surface area (Å²) in [5.74, 6) is 0.720. The Morgan fingerprint density at radius 3 is 2.43 bits per heavy atom. The number of nitrogens with one attached hydrogen (secondary N) is 1. The van der Waals surface area contributed by atoms with Crippen LogP contribution in [0, 0.1) is 0 Å². The van der Waals surface area contributed by atoms with Gasteiger partial charge in [-0.25, -0.2) is 0 Å². The Kier molecular flexibility index (Phi) is 7.71. The Balaban J connectivity index is 1.65. The maximum absolute atomic E-state index is 12.7. The first kappa shape index (κ1) is 21.7. The van der Waals surface area contributed by atoms with E-state index in [-0.39, 0.29) is 24.5 Å². The number of carbonyl (C=O) groups excluding carboxylic acids is 2. The summed E-state index contributed by atoms with van der Waals surface area (Å²) in [5.41, 5.74) is 1.52. The average molecular weight is 411 g/mol. The smallest absolute Gasteiger partial charge is 0.260 e. The van der Waals surface area contributed by atoms with Crippen LogP contribution in [0.1, 0.15) is 55.1 Å². The molecule has 6 nitrogen and oxygen atoms in total. The minimum atomic E-state index is -0.191. The van der Waals surface area contributed by atoms with Crippen LogP contribution in [-0.4, -0.2) is 43.0 Å². The van der Waals surface area contributed by atoms with Crippen LogP contribution < -0.4 is 14.8 Å². The van der Waals surface area contributed by atoms with Crippen molar-refractivity contribution in [2.24, 2.45) is 0 Å². The molecule has 0 spiro atoms. The molecule has 2 amide bonds. The Morgan fingerprint density at radius 1 is 1.00 bits per heavy atom. The van der Waals surface area contributed by atoms with Crippen LogP contribution in [0.5, 0.6) is 11.5 Å². The van der Waals surface area contributed by atoms with Crippen LogP contribution in [0.2, 0.25) is 0 Å². The fourth-order valence-electron chi connectivity index (χ4n) is 3.52. The highest BCUT2D eigenvalue weighted by Gasteiger charge is 2.19. The van der Waals surface area contributed by atoms with Crippen molar-refractivity contribution in [2.75, 3.05) is 26.3 Å². The van der Waals surface area contributed by atoms with Gasteiger partial charge in [0, 0.05) is 18.7 Å². The zero-order chi connectivity index (χ0) is 21.3. The third kappa shape index (κ3) is 5.75. The first-order chi connectivity index (χ1) is 14.6. The van der Waals surface area contributed by atoms with Crippen LogP contribution in [0.25, 0.3) is 0 Å². The van der Waals surface area contributed by atoms with Gasteiger partial charge in [0.25, 0.3) is 11.8 Å². The van der Waals surface area contributed by atoms with E-state index in [9.17, 15) is 9.59 Å². The predicted molar refractivity (Wildman–Crippen MR) is 116 cm³/mol. The average Bonchev–Trinajstić information content (AvgIpc) is 2.79. The molecule has 1 atom stereocenters. The van der Waals surface area contributed by atoms with Gasteiger partial charge in [0.2, 0.25) is 0 Å². The van der Waals surface area contributed by atoms with Crippen LogP contribution in [0.15, 0.2) is 48.5 Å². The van der Waals surface area contributed by atoms with Gasteiger partial charge < -0.3 is 19.7 Å². The number of hydrogen-bond acceptors (Lipinski definition) is 4. The molecule has 1 aliphatic rings. The van der Waals surface area contributed by atoms with Gasteiger partial charge in [-0.2, -0.15) is 0 Å². The molecule has 1 unspecified atom stereocenters. The minimum absolute atomic E-state index is 0.0179. The number of nitrogens with zero attached hydrogens (tertiary/aromatic N) is 1. The predicted octanol–water partition coefficient (Wildman–Crippen LogP) is 3.97. The number of ether oxygens (including phenoxy) is 2. The fourth-order valence-corrected chi connectivity index (χ4v) is 3.52. The van der Waals surface area contributed by atoms with Gasteiger partial charge in [0.1, 0.15) is 0 Å². The normalized spacial score (nSPS) is 14.7. The second kappa shape index (κ2) is 10.7. The van der Waals surface area contributed by atoms with Gasteiger partial charge in [0.05, 0.1) is 12.6 Å². The Morgan fingerprint density at radius 2 is 1.73 bits per heavy atom. The summed E-state index contributed by atoms with van der Waals surface area (Å²) in [6.45, 7) is 5.80. The number of likely N-dealkylation sites (tertiary alicyclic amines) is 1. The quantitative estimate of drug-likeness (QED) is 0.715. The summed E-state index contributed by atoms with van der Waals surface area (Å²) >= 11 is 0. The maximum atomic E-state index is 12.7. The van der Waals surface area contributed by atoms with E-state index in [1.54, 1.807) is 18.2 Å². The summed E-state index contributed by atoms with van der Waals surface area (Å²) in [4.78, 5) is 26.9. The highest BCUT2D eigenvalue weighted by atomic mass is 16.5. The Labute approximate surface area is 178 Å². The van der Waals surface area contributed by atoms with Gasteiger partial charge in [-0.05, 0) is 56.9 Å². The van der Waals surface area contributed by atoms with Crippen molar-refractivity contribution in [3.05, 3.63) is 59.7 Å². The number of carbonyl (C=O) groups is 2. The Hall–Kier alpha value is -3.02. The highest BCUT2D eigenvalue weighted by Crippen LogP contribution is 2.29. The summed E-state index contributed by atoms with van der Waals surface area (Å²) in [6, 6.07) is 14.7. The molecule has 0 aliphatic carbocycles. The first-order valence-electron chi connectivity index (χ1n) is 10.6. The zero-order valence-corrected chi connectivity index (χ0v) is 17.7. The lowest BCUT2D eigenvalue weighted by atomic mass is 10.1. The molecular weight excluding hydrogens is 380 g/mol. The van der Waals surface area contributed by atoms with Crippen molar-refractivity contribution < 1.29 is 19.1 Å². The van der Waals surface area contributed by atoms with E-state index in [2.05, 4.69) is 5.32 Å². The minimum Gasteiger partial charge on any atom is -0.490 e. The number of amides is 2. The van der Waals surface area contributed by atoms with Crippen molar-refractivity contribution in [2.45, 2.75) is 39.2 Å². The lowest BCUT2D eigenvalue weighted by molar-refractivity contribution is -0.134. The number of hydrogen-bond donors (Lipinski definition) is 1. The van der Waals surface area contributed by atoms with Gasteiger partial charge in [-0.15, -0.1) is 0 Å². The molecule has 6 heteroatoms. The molecule has 1 heterocycles. The first-order valence-corrected chi connectivity index (χ1v) is 10.6. The molecule has 2 aromatic carbocycles. The molecule has 1 saturated heterocycles. The third-order valence-electron chi connectivity index (χ3n) is 5.21. The molecule has 1 aliphatic heterocycles. The van der Waals surface area contributed by atoms with E-state index in [1.807, 2.05) is 49.1 Å². The second-order valence-corrected chi connectivity index (χ2v) is 7.43. The van der Waals surface area contributed by atoms with Gasteiger partial charge in [0.15, 0.2) is 18.1 Å². The summed E-state index contributed by atoms with van der Waals surface area (Å²) in [7, 11) is 0. The summed E-state index contributed by atoms with van der Waals surface area (Å²) in [6.07, 6.45) is 3.26. The lowest BCUT2D eigenvalue weighted by Crippen LogP contribution is -2.38. The van der Waals surface area contributed by atoms with E-state index >= 15 is 0 Å². The fraction of sp³-hybridized carbons (Fsp3) is 0.417. The van der Waals surface area contributed by atoms with Gasteiger partial charge >= 0.3 is 0 Å². The largest absolute Gasteiger partial charge is 0.490 e. The van der Waals surface area contributed by atoms with Crippen molar-refractivity contribution in [3.8, 4) is 11.5 Å². The molecule has 2 aromatic rings. The molecule has 30 heavy (non-hydrogen) atoms.